The molecule has 156 valence electrons. The van der Waals surface area contributed by atoms with Crippen molar-refractivity contribution in [3.63, 3.8) is 0 Å². The Labute approximate surface area is 168 Å². The van der Waals surface area contributed by atoms with E-state index in [1.165, 1.54) is 0 Å². The number of carbonyl (C=O) groups excluding carboxylic acids is 1. The zero-order chi connectivity index (χ0) is 21.9. The van der Waals surface area contributed by atoms with Crippen LogP contribution in [0.1, 0.15) is 28.2 Å². The van der Waals surface area contributed by atoms with Crippen LogP contribution in [0.5, 0.6) is 0 Å². The second-order valence-corrected chi connectivity index (χ2v) is 6.50. The van der Waals surface area contributed by atoms with Gasteiger partial charge >= 0.3 is 12.4 Å². The standard InChI is InChI=1S/C22H15F6NO/c23-21(24,25)16-11-12-17(22(26,27)28)18(13-16)29-20(30)19(14-7-3-1-4-8-14)15-9-5-2-6-10-15/h1-13,19H,(H,29,30). The van der Waals surface area contributed by atoms with Crippen LogP contribution in [-0.2, 0) is 17.1 Å². The van der Waals surface area contributed by atoms with Gasteiger partial charge in [-0.1, -0.05) is 60.7 Å². The third-order valence-electron chi connectivity index (χ3n) is 4.44. The van der Waals surface area contributed by atoms with E-state index in [-0.39, 0.29) is 0 Å². The summed E-state index contributed by atoms with van der Waals surface area (Å²) in [7, 11) is 0. The number of alkyl halides is 6. The van der Waals surface area contributed by atoms with Crippen LogP contribution in [0.15, 0.2) is 78.9 Å². The Bertz CT molecular complexity index is 974. The zero-order valence-corrected chi connectivity index (χ0v) is 15.3. The molecule has 8 heteroatoms. The lowest BCUT2D eigenvalue weighted by molar-refractivity contribution is -0.141. The normalized spacial score (nSPS) is 12.1. The number of hydrogen-bond acceptors (Lipinski definition) is 1. The largest absolute Gasteiger partial charge is 0.418 e. The highest BCUT2D eigenvalue weighted by molar-refractivity contribution is 5.98. The molecular weight excluding hydrogens is 408 g/mol. The van der Waals surface area contributed by atoms with Crippen LogP contribution in [-0.4, -0.2) is 5.91 Å². The molecule has 0 aliphatic rings. The summed E-state index contributed by atoms with van der Waals surface area (Å²) in [6, 6.07) is 17.5. The van der Waals surface area contributed by atoms with Gasteiger partial charge in [-0.15, -0.1) is 0 Å². The molecule has 0 aromatic heterocycles. The van der Waals surface area contributed by atoms with E-state index in [1.54, 1.807) is 60.7 Å². The Balaban J connectivity index is 2.06. The van der Waals surface area contributed by atoms with E-state index in [1.807, 2.05) is 0 Å². The smallest absolute Gasteiger partial charge is 0.325 e. The summed E-state index contributed by atoms with van der Waals surface area (Å²) in [6.07, 6.45) is -9.80. The molecular formula is C22H15F6NO. The number of amides is 1. The lowest BCUT2D eigenvalue weighted by atomic mass is 9.90. The fourth-order valence-corrected chi connectivity index (χ4v) is 3.06. The maximum atomic E-state index is 13.3. The van der Waals surface area contributed by atoms with E-state index < -0.39 is 41.0 Å². The predicted molar refractivity (Wildman–Crippen MR) is 99.8 cm³/mol. The van der Waals surface area contributed by atoms with Gasteiger partial charge in [0.2, 0.25) is 5.91 Å². The van der Waals surface area contributed by atoms with Crippen LogP contribution in [0.4, 0.5) is 32.0 Å². The summed E-state index contributed by atoms with van der Waals surface area (Å²) in [4.78, 5) is 13.0. The van der Waals surface area contributed by atoms with Crippen molar-refractivity contribution >= 4 is 11.6 Å². The summed E-state index contributed by atoms with van der Waals surface area (Å²) < 4.78 is 79.1. The number of carbonyl (C=O) groups is 1. The molecule has 3 rings (SSSR count). The summed E-state index contributed by atoms with van der Waals surface area (Å²) in [5.74, 6) is -1.89. The van der Waals surface area contributed by atoms with Gasteiger partial charge in [-0.2, -0.15) is 26.3 Å². The number of nitrogens with one attached hydrogen (secondary N) is 1. The van der Waals surface area contributed by atoms with Crippen molar-refractivity contribution in [1.29, 1.82) is 0 Å². The number of anilines is 1. The quantitative estimate of drug-likeness (QED) is 0.477. The van der Waals surface area contributed by atoms with Crippen molar-refractivity contribution < 1.29 is 31.1 Å². The van der Waals surface area contributed by atoms with E-state index in [0.29, 0.717) is 29.3 Å². The summed E-state index contributed by atoms with van der Waals surface area (Å²) >= 11 is 0. The molecule has 0 aliphatic heterocycles. The molecule has 30 heavy (non-hydrogen) atoms. The molecule has 0 fully saturated rings. The van der Waals surface area contributed by atoms with Crippen LogP contribution in [0, 0.1) is 0 Å². The average molecular weight is 423 g/mol. The Morgan fingerprint density at radius 3 is 1.63 bits per heavy atom. The van der Waals surface area contributed by atoms with Crippen LogP contribution < -0.4 is 5.32 Å². The number of halogens is 6. The van der Waals surface area contributed by atoms with Crippen LogP contribution in [0.25, 0.3) is 0 Å². The van der Waals surface area contributed by atoms with Crippen LogP contribution in [0.2, 0.25) is 0 Å². The summed E-state index contributed by atoms with van der Waals surface area (Å²) in [5.41, 5.74) is -2.62. The lowest BCUT2D eigenvalue weighted by Crippen LogP contribution is -2.24. The fraction of sp³-hybridized carbons (Fsp3) is 0.136. The average Bonchev–Trinajstić information content (AvgIpc) is 2.68. The van der Waals surface area contributed by atoms with E-state index in [9.17, 15) is 31.1 Å². The Hall–Kier alpha value is -3.29. The van der Waals surface area contributed by atoms with Crippen molar-refractivity contribution in [3.8, 4) is 0 Å². The minimum atomic E-state index is -4.94. The SMILES string of the molecule is O=C(Nc1cc(C(F)(F)F)ccc1C(F)(F)F)C(c1ccccc1)c1ccccc1. The Kier molecular flexibility index (Phi) is 5.87. The number of hydrogen-bond donors (Lipinski definition) is 1. The minimum Gasteiger partial charge on any atom is -0.325 e. The third-order valence-corrected chi connectivity index (χ3v) is 4.44. The highest BCUT2D eigenvalue weighted by Gasteiger charge is 2.38. The molecule has 0 spiro atoms. The second-order valence-electron chi connectivity index (χ2n) is 6.50. The third kappa shape index (κ3) is 4.82. The van der Waals surface area contributed by atoms with E-state index in [4.69, 9.17) is 0 Å². The Morgan fingerprint density at radius 1 is 0.700 bits per heavy atom. The van der Waals surface area contributed by atoms with Gasteiger partial charge in [0.05, 0.1) is 22.7 Å². The van der Waals surface area contributed by atoms with Gasteiger partial charge < -0.3 is 5.32 Å². The molecule has 0 atom stereocenters. The van der Waals surface area contributed by atoms with Gasteiger partial charge in [-0.05, 0) is 29.3 Å². The molecule has 0 saturated heterocycles. The van der Waals surface area contributed by atoms with Crippen molar-refractivity contribution in [3.05, 3.63) is 101 Å². The molecule has 0 bridgehead atoms. The molecule has 1 amide bonds. The summed E-state index contributed by atoms with van der Waals surface area (Å²) in [5, 5.41) is 2.07. The Morgan fingerprint density at radius 2 is 1.20 bits per heavy atom. The number of rotatable bonds is 4. The highest BCUT2D eigenvalue weighted by Crippen LogP contribution is 2.39. The molecule has 0 saturated carbocycles. The van der Waals surface area contributed by atoms with E-state index in [0.717, 1.165) is 0 Å². The topological polar surface area (TPSA) is 29.1 Å². The van der Waals surface area contributed by atoms with Crippen molar-refractivity contribution in [2.24, 2.45) is 0 Å². The van der Waals surface area contributed by atoms with Gasteiger partial charge in [0.15, 0.2) is 0 Å². The molecule has 1 N–H and O–H groups in total. The fourth-order valence-electron chi connectivity index (χ4n) is 3.06. The first kappa shape index (κ1) is 21.4. The number of benzene rings is 3. The van der Waals surface area contributed by atoms with Gasteiger partial charge in [-0.25, -0.2) is 0 Å². The first-order valence-corrected chi connectivity index (χ1v) is 8.76. The van der Waals surface area contributed by atoms with Crippen molar-refractivity contribution in [2.75, 3.05) is 5.32 Å². The van der Waals surface area contributed by atoms with E-state index >= 15 is 0 Å². The predicted octanol–water partition coefficient (Wildman–Crippen LogP) is 6.49. The molecule has 0 radical (unpaired) electrons. The van der Waals surface area contributed by atoms with Crippen molar-refractivity contribution in [2.45, 2.75) is 18.3 Å². The first-order chi connectivity index (χ1) is 14.1. The molecule has 0 aliphatic carbocycles. The molecule has 2 nitrogen and oxygen atoms in total. The minimum absolute atomic E-state index is 0.299. The van der Waals surface area contributed by atoms with Crippen molar-refractivity contribution in [1.82, 2.24) is 0 Å². The first-order valence-electron chi connectivity index (χ1n) is 8.76. The summed E-state index contributed by atoms with van der Waals surface area (Å²) in [6.45, 7) is 0. The second kappa shape index (κ2) is 8.22. The molecule has 0 heterocycles. The van der Waals surface area contributed by atoms with E-state index in [2.05, 4.69) is 5.32 Å². The highest BCUT2D eigenvalue weighted by atomic mass is 19.4. The van der Waals surface area contributed by atoms with Gasteiger partial charge in [0.1, 0.15) is 0 Å². The van der Waals surface area contributed by atoms with Crippen LogP contribution >= 0.6 is 0 Å². The van der Waals surface area contributed by atoms with Crippen LogP contribution in [0.3, 0.4) is 0 Å². The maximum absolute atomic E-state index is 13.3. The molecule has 0 unspecified atom stereocenters. The molecule has 3 aromatic rings. The zero-order valence-electron chi connectivity index (χ0n) is 15.3. The monoisotopic (exact) mass is 423 g/mol. The van der Waals surface area contributed by atoms with Gasteiger partial charge in [0, 0.05) is 0 Å². The van der Waals surface area contributed by atoms with Gasteiger partial charge in [-0.3, -0.25) is 4.79 Å². The maximum Gasteiger partial charge on any atom is 0.418 e. The van der Waals surface area contributed by atoms with Gasteiger partial charge in [0.25, 0.3) is 0 Å². The molecule has 3 aromatic carbocycles. The lowest BCUT2D eigenvalue weighted by Gasteiger charge is -2.21.